The van der Waals surface area contributed by atoms with Crippen molar-refractivity contribution < 1.29 is 19.1 Å². The second-order valence-electron chi connectivity index (χ2n) is 4.18. The van der Waals surface area contributed by atoms with E-state index in [1.807, 2.05) is 30.3 Å². The van der Waals surface area contributed by atoms with E-state index in [4.69, 9.17) is 15.2 Å². The Morgan fingerprint density at radius 1 is 1.39 bits per heavy atom. The Labute approximate surface area is 105 Å². The van der Waals surface area contributed by atoms with E-state index in [1.54, 1.807) is 0 Å². The van der Waals surface area contributed by atoms with Crippen molar-refractivity contribution >= 4 is 11.9 Å². The molecule has 1 aromatic carbocycles. The molecule has 1 heterocycles. The van der Waals surface area contributed by atoms with E-state index in [0.717, 1.165) is 5.56 Å². The minimum absolute atomic E-state index is 0.161. The fourth-order valence-electron chi connectivity index (χ4n) is 1.88. The summed E-state index contributed by atoms with van der Waals surface area (Å²) in [6.45, 7) is 0.278. The first-order chi connectivity index (χ1) is 8.62. The number of hydrogen-bond donors (Lipinski definition) is 1. The summed E-state index contributed by atoms with van der Waals surface area (Å²) in [5.74, 6) is -2.76. The van der Waals surface area contributed by atoms with Gasteiger partial charge in [0.15, 0.2) is 0 Å². The molecule has 1 atom stereocenters. The number of carbonyl (C=O) groups excluding carboxylic acids is 2. The molecule has 0 radical (unpaired) electrons. The molecular weight excluding hydrogens is 234 g/mol. The first-order valence-corrected chi connectivity index (χ1v) is 5.82. The van der Waals surface area contributed by atoms with E-state index < -0.39 is 17.7 Å². The van der Waals surface area contributed by atoms with Gasteiger partial charge in [-0.15, -0.1) is 0 Å². The Kier molecular flexibility index (Phi) is 3.62. The molecule has 1 aliphatic rings. The quantitative estimate of drug-likeness (QED) is 0.781. The molecule has 1 aromatic rings. The topological polar surface area (TPSA) is 78.6 Å². The Morgan fingerprint density at radius 3 is 2.67 bits per heavy atom. The highest BCUT2D eigenvalue weighted by atomic mass is 16.7. The molecule has 0 aliphatic carbocycles. The molecule has 1 fully saturated rings. The van der Waals surface area contributed by atoms with Crippen molar-refractivity contribution in [2.24, 2.45) is 5.73 Å². The van der Waals surface area contributed by atoms with Gasteiger partial charge in [0, 0.05) is 6.42 Å². The molecule has 2 N–H and O–H groups in total. The van der Waals surface area contributed by atoms with Gasteiger partial charge in [0.05, 0.1) is 13.0 Å². The Balaban J connectivity index is 1.91. The molecule has 2 rings (SSSR count). The van der Waals surface area contributed by atoms with Gasteiger partial charge < -0.3 is 15.2 Å². The van der Waals surface area contributed by atoms with Gasteiger partial charge in [-0.2, -0.15) is 0 Å². The van der Waals surface area contributed by atoms with Crippen LogP contribution in [0.4, 0.5) is 0 Å². The number of benzene rings is 1. The van der Waals surface area contributed by atoms with Gasteiger partial charge in [0.25, 0.3) is 11.7 Å². The summed E-state index contributed by atoms with van der Waals surface area (Å²) in [6.07, 6.45) is 0.984. The van der Waals surface area contributed by atoms with Crippen LogP contribution in [0.2, 0.25) is 0 Å². The van der Waals surface area contributed by atoms with Crippen LogP contribution in [0.3, 0.4) is 0 Å². The van der Waals surface area contributed by atoms with Gasteiger partial charge in [-0.25, -0.2) is 0 Å². The standard InChI is InChI=1S/C13H15NO4/c14-12(16)13(8-6-11(15)18-13)17-9-7-10-4-2-1-3-5-10/h1-5H,6-9H2,(H2,14,16). The minimum Gasteiger partial charge on any atom is -0.423 e. The number of esters is 1. The van der Waals surface area contributed by atoms with Crippen molar-refractivity contribution in [3.8, 4) is 0 Å². The van der Waals surface area contributed by atoms with Gasteiger partial charge in [-0.3, -0.25) is 9.59 Å². The van der Waals surface area contributed by atoms with E-state index >= 15 is 0 Å². The largest absolute Gasteiger partial charge is 0.423 e. The number of ether oxygens (including phenoxy) is 2. The van der Waals surface area contributed by atoms with Crippen molar-refractivity contribution in [1.82, 2.24) is 0 Å². The first-order valence-electron chi connectivity index (χ1n) is 5.82. The molecule has 96 valence electrons. The average molecular weight is 249 g/mol. The van der Waals surface area contributed by atoms with Crippen LogP contribution >= 0.6 is 0 Å². The Hall–Kier alpha value is -1.88. The van der Waals surface area contributed by atoms with Crippen LogP contribution in [-0.2, 0) is 25.5 Å². The summed E-state index contributed by atoms with van der Waals surface area (Å²) >= 11 is 0. The SMILES string of the molecule is NC(=O)C1(OCCc2ccccc2)CCC(=O)O1. The molecule has 5 nitrogen and oxygen atoms in total. The predicted molar refractivity (Wildman–Crippen MR) is 63.3 cm³/mol. The molecule has 1 saturated heterocycles. The number of primary amides is 1. The van der Waals surface area contributed by atoms with Gasteiger partial charge in [0.1, 0.15) is 0 Å². The van der Waals surface area contributed by atoms with E-state index in [1.165, 1.54) is 0 Å². The van der Waals surface area contributed by atoms with Crippen LogP contribution in [0.25, 0.3) is 0 Å². The number of hydrogen-bond acceptors (Lipinski definition) is 4. The van der Waals surface area contributed by atoms with E-state index in [0.29, 0.717) is 6.42 Å². The van der Waals surface area contributed by atoms with Gasteiger partial charge in [-0.1, -0.05) is 30.3 Å². The number of rotatable bonds is 5. The summed E-state index contributed by atoms with van der Waals surface area (Å²) in [5.41, 5.74) is 6.32. The predicted octanol–water partition coefficient (Wildman–Crippen LogP) is 0.764. The van der Waals surface area contributed by atoms with Crippen molar-refractivity contribution in [3.05, 3.63) is 35.9 Å². The highest BCUT2D eigenvalue weighted by Gasteiger charge is 2.47. The average Bonchev–Trinajstić information content (AvgIpc) is 2.74. The summed E-state index contributed by atoms with van der Waals surface area (Å²) in [5, 5.41) is 0. The van der Waals surface area contributed by atoms with Gasteiger partial charge >= 0.3 is 5.97 Å². The highest BCUT2D eigenvalue weighted by molar-refractivity contribution is 5.87. The maximum atomic E-state index is 11.3. The lowest BCUT2D eigenvalue weighted by atomic mass is 10.1. The molecule has 1 aliphatic heterocycles. The zero-order valence-electron chi connectivity index (χ0n) is 9.93. The Morgan fingerprint density at radius 2 is 2.11 bits per heavy atom. The number of amides is 1. The smallest absolute Gasteiger partial charge is 0.309 e. The van der Waals surface area contributed by atoms with Crippen LogP contribution < -0.4 is 5.73 Å². The fourth-order valence-corrected chi connectivity index (χ4v) is 1.88. The maximum Gasteiger partial charge on any atom is 0.309 e. The zero-order valence-corrected chi connectivity index (χ0v) is 9.93. The lowest BCUT2D eigenvalue weighted by molar-refractivity contribution is -0.211. The monoisotopic (exact) mass is 249 g/mol. The van der Waals surface area contributed by atoms with Crippen molar-refractivity contribution in [3.63, 3.8) is 0 Å². The van der Waals surface area contributed by atoms with Crippen molar-refractivity contribution in [2.75, 3.05) is 6.61 Å². The number of cyclic esters (lactones) is 1. The van der Waals surface area contributed by atoms with Crippen molar-refractivity contribution in [1.29, 1.82) is 0 Å². The first kappa shape index (κ1) is 12.6. The normalized spacial score (nSPS) is 22.8. The second kappa shape index (κ2) is 5.18. The molecule has 1 unspecified atom stereocenters. The third-order valence-corrected chi connectivity index (χ3v) is 2.88. The lowest BCUT2D eigenvalue weighted by Gasteiger charge is -2.23. The van der Waals surface area contributed by atoms with E-state index in [-0.39, 0.29) is 19.4 Å². The van der Waals surface area contributed by atoms with Crippen LogP contribution in [0, 0.1) is 0 Å². The summed E-state index contributed by atoms with van der Waals surface area (Å²) < 4.78 is 10.3. The molecule has 1 amide bonds. The van der Waals surface area contributed by atoms with Crippen LogP contribution in [0.1, 0.15) is 18.4 Å². The van der Waals surface area contributed by atoms with Crippen LogP contribution in [-0.4, -0.2) is 24.3 Å². The summed E-state index contributed by atoms with van der Waals surface area (Å²) in [4.78, 5) is 22.4. The van der Waals surface area contributed by atoms with Crippen molar-refractivity contribution in [2.45, 2.75) is 25.0 Å². The molecule has 0 aromatic heterocycles. The lowest BCUT2D eigenvalue weighted by Crippen LogP contribution is -2.46. The third-order valence-electron chi connectivity index (χ3n) is 2.88. The highest BCUT2D eigenvalue weighted by Crippen LogP contribution is 2.27. The van der Waals surface area contributed by atoms with Crippen LogP contribution in [0.5, 0.6) is 0 Å². The molecule has 0 spiro atoms. The zero-order chi connectivity index (χ0) is 13.0. The molecule has 5 heteroatoms. The molecule has 0 bridgehead atoms. The minimum atomic E-state index is -1.56. The van der Waals surface area contributed by atoms with Crippen LogP contribution in [0.15, 0.2) is 30.3 Å². The maximum absolute atomic E-state index is 11.3. The number of carbonyl (C=O) groups is 2. The molecule has 18 heavy (non-hydrogen) atoms. The van der Waals surface area contributed by atoms with Gasteiger partial charge in [0.2, 0.25) is 0 Å². The number of nitrogens with two attached hydrogens (primary N) is 1. The summed E-state index contributed by atoms with van der Waals surface area (Å²) in [6, 6.07) is 9.69. The van der Waals surface area contributed by atoms with E-state index in [2.05, 4.69) is 0 Å². The Bertz CT molecular complexity index is 446. The van der Waals surface area contributed by atoms with Gasteiger partial charge in [-0.05, 0) is 12.0 Å². The molecular formula is C13H15NO4. The third kappa shape index (κ3) is 2.68. The molecule has 0 saturated carbocycles. The summed E-state index contributed by atoms with van der Waals surface area (Å²) in [7, 11) is 0. The fraction of sp³-hybridized carbons (Fsp3) is 0.385. The van der Waals surface area contributed by atoms with E-state index in [9.17, 15) is 9.59 Å². The second-order valence-corrected chi connectivity index (χ2v) is 4.18.